The van der Waals surface area contributed by atoms with Crippen molar-refractivity contribution >= 4 is 65.7 Å². The summed E-state index contributed by atoms with van der Waals surface area (Å²) in [7, 11) is 0. The molecule has 4 heteroatoms. The Morgan fingerprint density at radius 1 is 0.365 bits per heavy atom. The van der Waals surface area contributed by atoms with Crippen molar-refractivity contribution in [1.82, 2.24) is 9.97 Å². The van der Waals surface area contributed by atoms with Gasteiger partial charge >= 0.3 is 0 Å². The summed E-state index contributed by atoms with van der Waals surface area (Å²) in [6, 6.07) is 55.3. The van der Waals surface area contributed by atoms with Crippen LogP contribution >= 0.6 is 0 Å². The molecule has 8 aromatic carbocycles. The predicted molar refractivity (Wildman–Crippen MR) is 212 cm³/mol. The van der Waals surface area contributed by atoms with Crippen LogP contribution in [0.1, 0.15) is 0 Å². The summed E-state index contributed by atoms with van der Waals surface area (Å²) in [5.74, 6) is 0. The van der Waals surface area contributed by atoms with Gasteiger partial charge in [0.05, 0.1) is 22.4 Å². The highest BCUT2D eigenvalue weighted by molar-refractivity contribution is 6.26. The van der Waals surface area contributed by atoms with E-state index in [9.17, 15) is 0 Å². The van der Waals surface area contributed by atoms with Gasteiger partial charge in [-0.2, -0.15) is 0 Å². The van der Waals surface area contributed by atoms with Crippen molar-refractivity contribution in [2.45, 2.75) is 0 Å². The second-order valence-corrected chi connectivity index (χ2v) is 13.7. The van der Waals surface area contributed by atoms with Crippen LogP contribution in [0.5, 0.6) is 0 Å². The zero-order chi connectivity index (χ0) is 33.9. The number of furan rings is 2. The third kappa shape index (κ3) is 3.81. The minimum absolute atomic E-state index is 0.836. The third-order valence-corrected chi connectivity index (χ3v) is 10.8. The van der Waals surface area contributed by atoms with E-state index in [0.29, 0.717) is 0 Å². The second kappa shape index (κ2) is 10.3. The zero-order valence-electron chi connectivity index (χ0n) is 27.7. The van der Waals surface area contributed by atoms with Crippen molar-refractivity contribution in [2.24, 2.45) is 0 Å². The smallest absolute Gasteiger partial charge is 0.143 e. The van der Waals surface area contributed by atoms with Crippen molar-refractivity contribution in [2.75, 3.05) is 0 Å². The predicted octanol–water partition coefficient (Wildman–Crippen LogP) is 13.2. The van der Waals surface area contributed by atoms with Gasteiger partial charge in [-0.3, -0.25) is 0 Å². The van der Waals surface area contributed by atoms with Crippen molar-refractivity contribution < 1.29 is 8.83 Å². The van der Waals surface area contributed by atoms with Gasteiger partial charge in [0.2, 0.25) is 0 Å². The van der Waals surface area contributed by atoms with E-state index in [2.05, 4.69) is 103 Å². The molecule has 240 valence electrons. The molecule has 11 aromatic rings. The first-order valence-electron chi connectivity index (χ1n) is 17.6. The SMILES string of the molecule is c1ccc2c(c1)-c1cc(-c3ccc(-c4nc5ccccc5nc4-c4cccc5oc6ccccc6c45)cc3)cc3cc4c(oc5ccccc54)c-2c13. The van der Waals surface area contributed by atoms with E-state index in [1.807, 2.05) is 54.6 Å². The van der Waals surface area contributed by atoms with Crippen LogP contribution in [0.25, 0.3) is 122 Å². The molecule has 0 amide bonds. The maximum absolute atomic E-state index is 6.54. The van der Waals surface area contributed by atoms with Gasteiger partial charge in [0, 0.05) is 43.6 Å². The van der Waals surface area contributed by atoms with E-state index >= 15 is 0 Å². The van der Waals surface area contributed by atoms with E-state index in [1.54, 1.807) is 0 Å². The van der Waals surface area contributed by atoms with Gasteiger partial charge in [0.1, 0.15) is 22.3 Å². The van der Waals surface area contributed by atoms with Crippen molar-refractivity contribution in [3.05, 3.63) is 158 Å². The highest BCUT2D eigenvalue weighted by Gasteiger charge is 2.27. The molecule has 0 saturated heterocycles. The zero-order valence-corrected chi connectivity index (χ0v) is 27.7. The molecule has 1 aliphatic rings. The number of aromatic nitrogens is 2. The standard InChI is InChI=1S/C48H26N2O2/c1-2-12-33-31(10-1)36-25-29(24-30-26-37-32-11-3-7-17-40(32)52-48(37)45(33)43(30)36)27-20-22-28(23-21-27)46-47(50-39-16-6-5-15-38(39)49-46)35-14-9-19-42-44(35)34-13-4-8-18-41(34)51-42/h1-26H. The van der Waals surface area contributed by atoms with Gasteiger partial charge in [0.15, 0.2) is 0 Å². The van der Waals surface area contributed by atoms with Gasteiger partial charge in [-0.05, 0) is 81.7 Å². The molecule has 3 aromatic heterocycles. The van der Waals surface area contributed by atoms with Gasteiger partial charge in [-0.15, -0.1) is 0 Å². The van der Waals surface area contributed by atoms with Gasteiger partial charge in [0.25, 0.3) is 0 Å². The number of fused-ring (bicyclic) bond motifs is 11. The average Bonchev–Trinajstić information content (AvgIpc) is 3.88. The Kier molecular flexibility index (Phi) is 5.47. The molecule has 52 heavy (non-hydrogen) atoms. The van der Waals surface area contributed by atoms with Gasteiger partial charge < -0.3 is 8.83 Å². The molecule has 0 saturated carbocycles. The molecule has 0 radical (unpaired) electrons. The van der Waals surface area contributed by atoms with Crippen molar-refractivity contribution in [1.29, 1.82) is 0 Å². The normalized spacial score (nSPS) is 12.2. The summed E-state index contributed by atoms with van der Waals surface area (Å²) >= 11 is 0. The monoisotopic (exact) mass is 662 g/mol. The lowest BCUT2D eigenvalue weighted by atomic mass is 9.93. The summed E-state index contributed by atoms with van der Waals surface area (Å²) in [4.78, 5) is 10.5. The lowest BCUT2D eigenvalue weighted by Crippen LogP contribution is -1.96. The summed E-state index contributed by atoms with van der Waals surface area (Å²) < 4.78 is 12.8. The van der Waals surface area contributed by atoms with Crippen LogP contribution in [-0.4, -0.2) is 9.97 Å². The molecule has 3 heterocycles. The molecule has 0 spiro atoms. The quantitative estimate of drug-likeness (QED) is 0.189. The number of benzene rings is 8. The number of hydrogen-bond acceptors (Lipinski definition) is 4. The minimum atomic E-state index is 0.836. The van der Waals surface area contributed by atoms with Crippen LogP contribution in [0, 0.1) is 0 Å². The fraction of sp³-hybridized carbons (Fsp3) is 0. The lowest BCUT2D eigenvalue weighted by Gasteiger charge is -2.13. The fourth-order valence-corrected chi connectivity index (χ4v) is 8.47. The molecular weight excluding hydrogens is 637 g/mol. The number of rotatable bonds is 3. The van der Waals surface area contributed by atoms with Crippen molar-refractivity contribution in [3.63, 3.8) is 0 Å². The van der Waals surface area contributed by atoms with E-state index in [-0.39, 0.29) is 0 Å². The van der Waals surface area contributed by atoms with Crippen LogP contribution < -0.4 is 0 Å². The van der Waals surface area contributed by atoms with Crippen LogP contribution in [0.2, 0.25) is 0 Å². The van der Waals surface area contributed by atoms with Crippen LogP contribution in [-0.2, 0) is 0 Å². The average molecular weight is 663 g/mol. The largest absolute Gasteiger partial charge is 0.456 e. The Hall–Kier alpha value is -7.04. The third-order valence-electron chi connectivity index (χ3n) is 10.8. The number of nitrogens with zero attached hydrogens (tertiary/aromatic N) is 2. The van der Waals surface area contributed by atoms with Gasteiger partial charge in [-0.1, -0.05) is 109 Å². The van der Waals surface area contributed by atoms with E-state index in [4.69, 9.17) is 18.8 Å². The molecule has 4 nitrogen and oxygen atoms in total. The Morgan fingerprint density at radius 2 is 1.00 bits per heavy atom. The maximum atomic E-state index is 6.54. The summed E-state index contributed by atoms with van der Waals surface area (Å²) in [6.45, 7) is 0. The highest BCUT2D eigenvalue weighted by atomic mass is 16.3. The molecule has 0 unspecified atom stereocenters. The topological polar surface area (TPSA) is 52.1 Å². The number of para-hydroxylation sites is 4. The first kappa shape index (κ1) is 27.7. The Morgan fingerprint density at radius 3 is 1.83 bits per heavy atom. The maximum Gasteiger partial charge on any atom is 0.143 e. The molecule has 0 N–H and O–H groups in total. The summed E-state index contributed by atoms with van der Waals surface area (Å²) in [5, 5.41) is 6.88. The van der Waals surface area contributed by atoms with Crippen LogP contribution in [0.4, 0.5) is 0 Å². The van der Waals surface area contributed by atoms with Crippen LogP contribution in [0.3, 0.4) is 0 Å². The summed E-state index contributed by atoms with van der Waals surface area (Å²) in [6.07, 6.45) is 0. The molecule has 0 atom stereocenters. The highest BCUT2D eigenvalue weighted by Crippen LogP contribution is 2.53. The van der Waals surface area contributed by atoms with Crippen molar-refractivity contribution in [3.8, 4) is 55.9 Å². The fourth-order valence-electron chi connectivity index (χ4n) is 8.47. The molecular formula is C48H26N2O2. The molecule has 0 bridgehead atoms. The lowest BCUT2D eigenvalue weighted by molar-refractivity contribution is 0.669. The first-order chi connectivity index (χ1) is 25.8. The summed E-state index contributed by atoms with van der Waals surface area (Å²) in [5.41, 5.74) is 16.2. The Labute approximate surface area is 297 Å². The minimum Gasteiger partial charge on any atom is -0.456 e. The Balaban J connectivity index is 1.05. The molecule has 12 rings (SSSR count). The van der Waals surface area contributed by atoms with Crippen LogP contribution in [0.15, 0.2) is 167 Å². The van der Waals surface area contributed by atoms with E-state index in [1.165, 1.54) is 38.6 Å². The number of hydrogen-bond donors (Lipinski definition) is 0. The van der Waals surface area contributed by atoms with E-state index in [0.717, 1.165) is 83.0 Å². The Bertz CT molecular complexity index is 3290. The molecule has 1 aliphatic carbocycles. The first-order valence-corrected chi connectivity index (χ1v) is 17.6. The van der Waals surface area contributed by atoms with Gasteiger partial charge in [-0.25, -0.2) is 9.97 Å². The molecule has 0 aliphatic heterocycles. The van der Waals surface area contributed by atoms with E-state index < -0.39 is 0 Å². The molecule has 0 fully saturated rings. The second-order valence-electron chi connectivity index (χ2n) is 13.7.